The van der Waals surface area contributed by atoms with Gasteiger partial charge in [-0.05, 0) is 39.2 Å². The molecule has 0 spiro atoms. The number of nitrogens with two attached hydrogens (primary N) is 1. The number of amides is 2. The fourth-order valence-corrected chi connectivity index (χ4v) is 2.75. The Kier molecular flexibility index (Phi) is 4.74. The van der Waals surface area contributed by atoms with Gasteiger partial charge in [0, 0.05) is 12.5 Å². The highest BCUT2D eigenvalue weighted by Gasteiger charge is 2.36. The zero-order valence-corrected chi connectivity index (χ0v) is 13.4. The van der Waals surface area contributed by atoms with Crippen LogP contribution in [0.2, 0.25) is 0 Å². The van der Waals surface area contributed by atoms with E-state index in [-0.39, 0.29) is 24.0 Å². The zero-order valence-electron chi connectivity index (χ0n) is 13.4. The summed E-state index contributed by atoms with van der Waals surface area (Å²) in [6.45, 7) is 6.01. The minimum Gasteiger partial charge on any atom is -0.444 e. The van der Waals surface area contributed by atoms with E-state index in [4.69, 9.17) is 10.5 Å². The summed E-state index contributed by atoms with van der Waals surface area (Å²) in [6.07, 6.45) is 0.778. The Morgan fingerprint density at radius 2 is 1.86 bits per heavy atom. The molecule has 0 saturated carbocycles. The smallest absolute Gasteiger partial charge is 0.410 e. The Morgan fingerprint density at radius 1 is 1.23 bits per heavy atom. The van der Waals surface area contributed by atoms with Crippen LogP contribution >= 0.6 is 0 Å². The van der Waals surface area contributed by atoms with Crippen molar-refractivity contribution in [3.8, 4) is 0 Å². The Balaban J connectivity index is 2.23. The monoisotopic (exact) mass is 304 g/mol. The molecule has 120 valence electrons. The van der Waals surface area contributed by atoms with Gasteiger partial charge < -0.3 is 15.4 Å². The molecule has 0 radical (unpaired) electrons. The standard InChI is InChI=1S/C17H24N2O3/c1-17(2,3)22-16(21)19-10-9-13(15(18)20)11-14(19)12-7-5-4-6-8-12/h4-8,13-14H,9-11H2,1-3H3,(H2,18,20)/t13-,14+/m1/s1. The third-order valence-corrected chi connectivity index (χ3v) is 3.82. The first-order valence-corrected chi connectivity index (χ1v) is 7.62. The second-order valence-corrected chi connectivity index (χ2v) is 6.72. The summed E-state index contributed by atoms with van der Waals surface area (Å²) >= 11 is 0. The molecule has 2 rings (SSSR count). The van der Waals surface area contributed by atoms with E-state index in [2.05, 4.69) is 0 Å². The third-order valence-electron chi connectivity index (χ3n) is 3.82. The van der Waals surface area contributed by atoms with Crippen LogP contribution in [0.25, 0.3) is 0 Å². The van der Waals surface area contributed by atoms with Crippen molar-refractivity contribution in [1.82, 2.24) is 4.90 Å². The van der Waals surface area contributed by atoms with Crippen molar-refractivity contribution in [2.45, 2.75) is 45.3 Å². The van der Waals surface area contributed by atoms with Crippen LogP contribution in [0.3, 0.4) is 0 Å². The predicted molar refractivity (Wildman–Crippen MR) is 84.0 cm³/mol. The highest BCUT2D eigenvalue weighted by Crippen LogP contribution is 2.35. The summed E-state index contributed by atoms with van der Waals surface area (Å²) in [5.41, 5.74) is 5.91. The van der Waals surface area contributed by atoms with Gasteiger partial charge in [0.25, 0.3) is 0 Å². The number of ether oxygens (including phenoxy) is 1. The van der Waals surface area contributed by atoms with E-state index >= 15 is 0 Å². The second-order valence-electron chi connectivity index (χ2n) is 6.72. The average molecular weight is 304 g/mol. The average Bonchev–Trinajstić information content (AvgIpc) is 2.45. The molecule has 1 aliphatic rings. The molecule has 1 aliphatic heterocycles. The number of hydrogen-bond acceptors (Lipinski definition) is 3. The molecule has 1 aromatic rings. The van der Waals surface area contributed by atoms with Crippen molar-refractivity contribution < 1.29 is 14.3 Å². The fraction of sp³-hybridized carbons (Fsp3) is 0.529. The van der Waals surface area contributed by atoms with Crippen LogP contribution in [0.4, 0.5) is 4.79 Å². The summed E-state index contributed by atoms with van der Waals surface area (Å²) in [6, 6.07) is 9.53. The van der Waals surface area contributed by atoms with Crippen molar-refractivity contribution in [2.75, 3.05) is 6.54 Å². The van der Waals surface area contributed by atoms with Gasteiger partial charge in [0.2, 0.25) is 5.91 Å². The molecule has 2 atom stereocenters. The molecule has 1 heterocycles. The second kappa shape index (κ2) is 6.38. The Morgan fingerprint density at radius 3 is 2.41 bits per heavy atom. The van der Waals surface area contributed by atoms with E-state index in [0.717, 1.165) is 5.56 Å². The molecule has 0 aromatic heterocycles. The Bertz CT molecular complexity index is 537. The molecule has 1 fully saturated rings. The number of carbonyl (C=O) groups excluding carboxylic acids is 2. The maximum atomic E-state index is 12.5. The molecule has 5 heteroatoms. The van der Waals surface area contributed by atoms with Crippen LogP contribution in [0.1, 0.15) is 45.2 Å². The molecule has 0 bridgehead atoms. The number of rotatable bonds is 2. The van der Waals surface area contributed by atoms with Crippen LogP contribution in [-0.4, -0.2) is 29.0 Å². The number of piperidine rings is 1. The van der Waals surface area contributed by atoms with Gasteiger partial charge in [-0.2, -0.15) is 0 Å². The number of benzene rings is 1. The van der Waals surface area contributed by atoms with E-state index in [1.165, 1.54) is 0 Å². The van der Waals surface area contributed by atoms with E-state index in [0.29, 0.717) is 19.4 Å². The van der Waals surface area contributed by atoms with Gasteiger partial charge in [0.05, 0.1) is 6.04 Å². The zero-order chi connectivity index (χ0) is 16.3. The Hall–Kier alpha value is -2.04. The summed E-state index contributed by atoms with van der Waals surface area (Å²) in [4.78, 5) is 25.7. The molecular formula is C17H24N2O3. The highest BCUT2D eigenvalue weighted by atomic mass is 16.6. The van der Waals surface area contributed by atoms with Crippen LogP contribution in [-0.2, 0) is 9.53 Å². The van der Waals surface area contributed by atoms with Gasteiger partial charge in [-0.1, -0.05) is 30.3 Å². The van der Waals surface area contributed by atoms with Crippen LogP contribution in [0.5, 0.6) is 0 Å². The summed E-state index contributed by atoms with van der Waals surface area (Å²) in [5, 5.41) is 0. The molecule has 2 amide bonds. The number of likely N-dealkylation sites (tertiary alicyclic amines) is 1. The van der Waals surface area contributed by atoms with Crippen LogP contribution < -0.4 is 5.73 Å². The lowest BCUT2D eigenvalue weighted by Crippen LogP contribution is -2.45. The first kappa shape index (κ1) is 16.3. The summed E-state index contributed by atoms with van der Waals surface area (Å²) < 4.78 is 5.50. The van der Waals surface area contributed by atoms with Crippen LogP contribution in [0, 0.1) is 5.92 Å². The normalized spacial score (nSPS) is 22.2. The molecule has 1 aromatic carbocycles. The maximum absolute atomic E-state index is 12.5. The largest absolute Gasteiger partial charge is 0.444 e. The van der Waals surface area contributed by atoms with Gasteiger partial charge in [-0.25, -0.2) is 4.79 Å². The molecule has 0 unspecified atom stereocenters. The van der Waals surface area contributed by atoms with Gasteiger partial charge in [-0.15, -0.1) is 0 Å². The van der Waals surface area contributed by atoms with E-state index in [9.17, 15) is 9.59 Å². The first-order valence-electron chi connectivity index (χ1n) is 7.62. The first-order chi connectivity index (χ1) is 10.3. The number of nitrogens with zero attached hydrogens (tertiary/aromatic N) is 1. The van der Waals surface area contributed by atoms with Gasteiger partial charge in [0.1, 0.15) is 5.60 Å². The van der Waals surface area contributed by atoms with Gasteiger partial charge in [-0.3, -0.25) is 4.79 Å². The van der Waals surface area contributed by atoms with Crippen molar-refractivity contribution in [3.05, 3.63) is 35.9 Å². The molecule has 5 nitrogen and oxygen atoms in total. The fourth-order valence-electron chi connectivity index (χ4n) is 2.75. The van der Waals surface area contributed by atoms with E-state index in [1.54, 1.807) is 4.90 Å². The topological polar surface area (TPSA) is 72.6 Å². The number of primary amides is 1. The SMILES string of the molecule is CC(C)(C)OC(=O)N1CC[C@@H](C(N)=O)C[C@H]1c1ccccc1. The van der Waals surface area contributed by atoms with Gasteiger partial charge >= 0.3 is 6.09 Å². The number of hydrogen-bond donors (Lipinski definition) is 1. The lowest BCUT2D eigenvalue weighted by molar-refractivity contribution is -0.124. The summed E-state index contributed by atoms with van der Waals surface area (Å²) in [5.74, 6) is -0.506. The molecule has 0 aliphatic carbocycles. The number of carbonyl (C=O) groups is 2. The minimum absolute atomic E-state index is 0.178. The van der Waals surface area contributed by atoms with Crippen molar-refractivity contribution >= 4 is 12.0 Å². The van der Waals surface area contributed by atoms with E-state index in [1.807, 2.05) is 51.1 Å². The lowest BCUT2D eigenvalue weighted by Gasteiger charge is -2.39. The molecular weight excluding hydrogens is 280 g/mol. The third kappa shape index (κ3) is 4.00. The predicted octanol–water partition coefficient (Wildman–Crippen LogP) is 2.86. The summed E-state index contributed by atoms with van der Waals surface area (Å²) in [7, 11) is 0. The molecule has 2 N–H and O–H groups in total. The maximum Gasteiger partial charge on any atom is 0.410 e. The van der Waals surface area contributed by atoms with Gasteiger partial charge in [0.15, 0.2) is 0 Å². The van der Waals surface area contributed by atoms with Crippen molar-refractivity contribution in [3.63, 3.8) is 0 Å². The molecule has 22 heavy (non-hydrogen) atoms. The van der Waals surface area contributed by atoms with Crippen molar-refractivity contribution in [2.24, 2.45) is 11.7 Å². The van der Waals surface area contributed by atoms with Crippen molar-refractivity contribution in [1.29, 1.82) is 0 Å². The van der Waals surface area contributed by atoms with Crippen LogP contribution in [0.15, 0.2) is 30.3 Å². The molecule has 1 saturated heterocycles. The minimum atomic E-state index is -0.543. The lowest BCUT2D eigenvalue weighted by atomic mass is 9.87. The quantitative estimate of drug-likeness (QED) is 0.913. The Labute approximate surface area is 131 Å². The highest BCUT2D eigenvalue weighted by molar-refractivity contribution is 5.77. The van der Waals surface area contributed by atoms with E-state index < -0.39 is 5.60 Å².